The molecule has 0 aliphatic heterocycles. The van der Waals surface area contributed by atoms with Crippen LogP contribution < -0.4 is 4.72 Å². The van der Waals surface area contributed by atoms with Gasteiger partial charge in [-0.3, -0.25) is 4.72 Å². The van der Waals surface area contributed by atoms with Crippen LogP contribution in [-0.2, 0) is 15.8 Å². The van der Waals surface area contributed by atoms with Crippen LogP contribution in [0.25, 0.3) is 11.0 Å². The van der Waals surface area contributed by atoms with Crippen molar-refractivity contribution in [2.24, 2.45) is 0 Å². The van der Waals surface area contributed by atoms with Crippen LogP contribution in [0, 0.1) is 6.92 Å². The molecule has 1 N–H and O–H groups in total. The molecule has 1 heterocycles. The highest BCUT2D eigenvalue weighted by molar-refractivity contribution is 7.91. The van der Waals surface area contributed by atoms with Crippen LogP contribution in [0.3, 0.4) is 0 Å². The Morgan fingerprint density at radius 3 is 2.50 bits per heavy atom. The Hall–Kier alpha value is -2.34. The molecule has 0 saturated heterocycles. The van der Waals surface area contributed by atoms with Crippen molar-refractivity contribution in [1.82, 2.24) is 9.55 Å². The Morgan fingerprint density at radius 1 is 1.12 bits per heavy atom. The fourth-order valence-corrected chi connectivity index (χ4v) is 3.82. The van der Waals surface area contributed by atoms with Gasteiger partial charge in [0.1, 0.15) is 0 Å². The number of aromatic nitrogens is 2. The molecule has 0 saturated carbocycles. The largest absolute Gasteiger partial charge is 0.328 e. The number of imidazole rings is 1. The minimum Gasteiger partial charge on any atom is -0.328 e. The van der Waals surface area contributed by atoms with Crippen LogP contribution in [0.15, 0.2) is 48.8 Å². The zero-order valence-electron chi connectivity index (χ0n) is 14.0. The molecule has 0 spiro atoms. The van der Waals surface area contributed by atoms with Gasteiger partial charge in [-0.15, -0.1) is 0 Å². The molecule has 24 heavy (non-hydrogen) atoms. The van der Waals surface area contributed by atoms with Gasteiger partial charge in [0, 0.05) is 6.04 Å². The van der Waals surface area contributed by atoms with Crippen molar-refractivity contribution in [1.29, 1.82) is 0 Å². The van der Waals surface area contributed by atoms with Crippen LogP contribution >= 0.6 is 0 Å². The highest BCUT2D eigenvalue weighted by Gasteiger charge is 2.13. The first-order valence-corrected chi connectivity index (χ1v) is 9.52. The number of rotatable bonds is 5. The molecular formula is C18H21N3O2S. The fraction of sp³-hybridized carbons (Fsp3) is 0.278. The minimum atomic E-state index is -3.46. The maximum Gasteiger partial charge on any atom is 0.236 e. The standard InChI is InChI=1S/C18H21N3O2S/c1-13(2)21-12-19-17-10-16(8-9-18(17)21)20-24(22,23)11-15-6-4-14(3)5-7-15/h4-10,12-13,20H,11H2,1-3H3. The van der Waals surface area contributed by atoms with Crippen LogP contribution in [-0.4, -0.2) is 18.0 Å². The molecule has 1 aromatic heterocycles. The lowest BCUT2D eigenvalue weighted by Crippen LogP contribution is -2.15. The van der Waals surface area contributed by atoms with E-state index in [0.717, 1.165) is 22.2 Å². The second-order valence-corrected chi connectivity index (χ2v) is 8.02. The third-order valence-electron chi connectivity index (χ3n) is 3.88. The van der Waals surface area contributed by atoms with Gasteiger partial charge in [-0.25, -0.2) is 13.4 Å². The van der Waals surface area contributed by atoms with E-state index in [1.807, 2.05) is 37.3 Å². The van der Waals surface area contributed by atoms with Crippen molar-refractivity contribution in [2.75, 3.05) is 4.72 Å². The number of fused-ring (bicyclic) bond motifs is 1. The van der Waals surface area contributed by atoms with Crippen molar-refractivity contribution in [3.05, 3.63) is 59.9 Å². The van der Waals surface area contributed by atoms with Crippen molar-refractivity contribution < 1.29 is 8.42 Å². The molecule has 5 nitrogen and oxygen atoms in total. The maximum absolute atomic E-state index is 12.4. The third-order valence-corrected chi connectivity index (χ3v) is 5.14. The predicted molar refractivity (Wildman–Crippen MR) is 97.5 cm³/mol. The second kappa shape index (κ2) is 6.28. The fourth-order valence-electron chi connectivity index (χ4n) is 2.63. The molecule has 0 radical (unpaired) electrons. The van der Waals surface area contributed by atoms with E-state index in [0.29, 0.717) is 11.7 Å². The Labute approximate surface area is 142 Å². The first-order chi connectivity index (χ1) is 11.3. The summed E-state index contributed by atoms with van der Waals surface area (Å²) in [5.74, 6) is -0.0498. The van der Waals surface area contributed by atoms with Crippen molar-refractivity contribution in [3.8, 4) is 0 Å². The lowest BCUT2D eigenvalue weighted by atomic mass is 10.2. The van der Waals surface area contributed by atoms with Gasteiger partial charge in [-0.2, -0.15) is 0 Å². The lowest BCUT2D eigenvalue weighted by molar-refractivity contribution is 0.600. The topological polar surface area (TPSA) is 64.0 Å². The highest BCUT2D eigenvalue weighted by Crippen LogP contribution is 2.22. The van der Waals surface area contributed by atoms with Gasteiger partial charge in [-0.05, 0) is 44.5 Å². The first kappa shape index (κ1) is 16.5. The number of hydrogen-bond donors (Lipinski definition) is 1. The van der Waals surface area contributed by atoms with E-state index in [9.17, 15) is 8.42 Å². The zero-order chi connectivity index (χ0) is 17.3. The SMILES string of the molecule is Cc1ccc(CS(=O)(=O)Nc2ccc3c(c2)ncn3C(C)C)cc1. The van der Waals surface area contributed by atoms with E-state index in [1.54, 1.807) is 18.5 Å². The van der Waals surface area contributed by atoms with Gasteiger partial charge in [0.2, 0.25) is 10.0 Å². The monoisotopic (exact) mass is 343 g/mol. The molecule has 0 bridgehead atoms. The number of aryl methyl sites for hydroxylation is 1. The number of sulfonamides is 1. The Balaban J connectivity index is 1.81. The molecule has 0 amide bonds. The summed E-state index contributed by atoms with van der Waals surface area (Å²) >= 11 is 0. The molecule has 6 heteroatoms. The molecule has 3 rings (SSSR count). The van der Waals surface area contributed by atoms with Crippen LogP contribution in [0.5, 0.6) is 0 Å². The molecule has 0 aliphatic rings. The molecule has 0 aliphatic carbocycles. The molecule has 3 aromatic rings. The molecule has 0 atom stereocenters. The quantitative estimate of drug-likeness (QED) is 0.765. The van der Waals surface area contributed by atoms with Crippen molar-refractivity contribution in [2.45, 2.75) is 32.6 Å². The maximum atomic E-state index is 12.4. The first-order valence-electron chi connectivity index (χ1n) is 7.87. The number of benzene rings is 2. The van der Waals surface area contributed by atoms with E-state index in [1.165, 1.54) is 0 Å². The van der Waals surface area contributed by atoms with Gasteiger partial charge in [0.15, 0.2) is 0 Å². The van der Waals surface area contributed by atoms with E-state index in [4.69, 9.17) is 0 Å². The Kier molecular flexibility index (Phi) is 4.32. The van der Waals surface area contributed by atoms with Gasteiger partial charge in [0.25, 0.3) is 0 Å². The van der Waals surface area contributed by atoms with E-state index in [2.05, 4.69) is 28.1 Å². The highest BCUT2D eigenvalue weighted by atomic mass is 32.2. The van der Waals surface area contributed by atoms with Crippen molar-refractivity contribution >= 4 is 26.7 Å². The van der Waals surface area contributed by atoms with Gasteiger partial charge < -0.3 is 4.57 Å². The average molecular weight is 343 g/mol. The summed E-state index contributed by atoms with van der Waals surface area (Å²) in [6.45, 7) is 6.14. The number of hydrogen-bond acceptors (Lipinski definition) is 3. The second-order valence-electron chi connectivity index (χ2n) is 6.30. The number of nitrogens with zero attached hydrogens (tertiary/aromatic N) is 2. The molecule has 2 aromatic carbocycles. The molecule has 0 fully saturated rings. The van der Waals surface area contributed by atoms with E-state index in [-0.39, 0.29) is 5.75 Å². The smallest absolute Gasteiger partial charge is 0.236 e. The zero-order valence-corrected chi connectivity index (χ0v) is 14.8. The van der Waals surface area contributed by atoms with Gasteiger partial charge in [0.05, 0.1) is 28.8 Å². The molecule has 126 valence electrons. The molecule has 0 unspecified atom stereocenters. The Morgan fingerprint density at radius 2 is 1.83 bits per heavy atom. The van der Waals surface area contributed by atoms with Crippen molar-refractivity contribution in [3.63, 3.8) is 0 Å². The normalized spacial score (nSPS) is 12.0. The van der Waals surface area contributed by atoms with Gasteiger partial charge in [-0.1, -0.05) is 29.8 Å². The van der Waals surface area contributed by atoms with Crippen LogP contribution in [0.2, 0.25) is 0 Å². The summed E-state index contributed by atoms with van der Waals surface area (Å²) in [6, 6.07) is 13.2. The lowest BCUT2D eigenvalue weighted by Gasteiger charge is -2.10. The van der Waals surface area contributed by atoms with E-state index < -0.39 is 10.0 Å². The molecular weight excluding hydrogens is 322 g/mol. The summed E-state index contributed by atoms with van der Waals surface area (Å²) < 4.78 is 29.4. The summed E-state index contributed by atoms with van der Waals surface area (Å²) in [5.41, 5.74) is 4.17. The number of nitrogens with one attached hydrogen (secondary N) is 1. The number of anilines is 1. The predicted octanol–water partition coefficient (Wildman–Crippen LogP) is 3.87. The van der Waals surface area contributed by atoms with E-state index >= 15 is 0 Å². The summed E-state index contributed by atoms with van der Waals surface area (Å²) in [7, 11) is -3.46. The Bertz CT molecular complexity index is 958. The summed E-state index contributed by atoms with van der Waals surface area (Å²) in [5, 5.41) is 0. The summed E-state index contributed by atoms with van der Waals surface area (Å²) in [6.07, 6.45) is 1.78. The van der Waals surface area contributed by atoms with Crippen LogP contribution in [0.4, 0.5) is 5.69 Å². The third kappa shape index (κ3) is 3.59. The summed E-state index contributed by atoms with van der Waals surface area (Å²) in [4.78, 5) is 4.35. The average Bonchev–Trinajstić information content (AvgIpc) is 2.92. The van der Waals surface area contributed by atoms with Crippen LogP contribution in [0.1, 0.15) is 31.0 Å². The minimum absolute atomic E-state index is 0.0498. The van der Waals surface area contributed by atoms with Gasteiger partial charge >= 0.3 is 0 Å².